The van der Waals surface area contributed by atoms with E-state index in [0.29, 0.717) is 5.56 Å². The van der Waals surface area contributed by atoms with E-state index < -0.39 is 21.7 Å². The molecule has 2 rings (SSSR count). The molecule has 2 N–H and O–H groups in total. The number of nitrogens with one attached hydrogen (secondary N) is 2. The van der Waals surface area contributed by atoms with Crippen molar-refractivity contribution in [3.63, 3.8) is 0 Å². The molecular formula is C16H13N5O6. The zero-order chi connectivity index (χ0) is 19.8. The van der Waals surface area contributed by atoms with Gasteiger partial charge in [0, 0.05) is 35.4 Å². The monoisotopic (exact) mass is 371 g/mol. The standard InChI is InChI=1S/C16H13N5O6/c22-15(19-18-9-11-2-1-3-14(8-11)21(26)27)10-17-16(23)12-4-6-13(7-5-12)20(24)25/h1-9H,10H2,(H,17,23)(H,19,22)/b18-9+. The lowest BCUT2D eigenvalue weighted by molar-refractivity contribution is -0.385. The largest absolute Gasteiger partial charge is 0.343 e. The van der Waals surface area contributed by atoms with Gasteiger partial charge < -0.3 is 5.32 Å². The Hall–Kier alpha value is -4.15. The highest BCUT2D eigenvalue weighted by atomic mass is 16.6. The average molecular weight is 371 g/mol. The first-order valence-corrected chi connectivity index (χ1v) is 7.46. The second-order valence-electron chi connectivity index (χ2n) is 5.13. The predicted molar refractivity (Wildman–Crippen MR) is 94.3 cm³/mol. The highest BCUT2D eigenvalue weighted by Gasteiger charge is 2.10. The van der Waals surface area contributed by atoms with Gasteiger partial charge in [-0.1, -0.05) is 12.1 Å². The predicted octanol–water partition coefficient (Wildman–Crippen LogP) is 1.38. The Balaban J connectivity index is 1.83. The van der Waals surface area contributed by atoms with Crippen molar-refractivity contribution in [3.8, 4) is 0 Å². The zero-order valence-electron chi connectivity index (χ0n) is 13.7. The van der Waals surface area contributed by atoms with Crippen LogP contribution in [0.15, 0.2) is 53.6 Å². The molecule has 0 spiro atoms. The van der Waals surface area contributed by atoms with Gasteiger partial charge in [-0.25, -0.2) is 5.43 Å². The fourth-order valence-corrected chi connectivity index (χ4v) is 1.93. The summed E-state index contributed by atoms with van der Waals surface area (Å²) in [5, 5.41) is 27.2. The number of nitrogens with zero attached hydrogens (tertiary/aromatic N) is 3. The van der Waals surface area contributed by atoms with E-state index in [1.54, 1.807) is 6.07 Å². The van der Waals surface area contributed by atoms with Crippen molar-refractivity contribution in [1.29, 1.82) is 0 Å². The SMILES string of the molecule is O=C(CNC(=O)c1ccc([N+](=O)[O-])cc1)N/N=C/c1cccc([N+](=O)[O-])c1. The third-order valence-electron chi connectivity index (χ3n) is 3.23. The van der Waals surface area contributed by atoms with Crippen LogP contribution in [0.2, 0.25) is 0 Å². The molecule has 0 saturated heterocycles. The smallest absolute Gasteiger partial charge is 0.270 e. The fraction of sp³-hybridized carbons (Fsp3) is 0.0625. The number of carbonyl (C=O) groups is 2. The highest BCUT2D eigenvalue weighted by Crippen LogP contribution is 2.12. The van der Waals surface area contributed by atoms with Crippen molar-refractivity contribution >= 4 is 29.4 Å². The number of non-ortho nitro benzene ring substituents is 2. The second kappa shape index (κ2) is 8.80. The van der Waals surface area contributed by atoms with Crippen LogP contribution in [-0.2, 0) is 4.79 Å². The third-order valence-corrected chi connectivity index (χ3v) is 3.23. The van der Waals surface area contributed by atoms with E-state index in [1.807, 2.05) is 0 Å². The van der Waals surface area contributed by atoms with Crippen LogP contribution in [0.3, 0.4) is 0 Å². The van der Waals surface area contributed by atoms with Gasteiger partial charge in [0.1, 0.15) is 0 Å². The van der Waals surface area contributed by atoms with Crippen LogP contribution in [0.5, 0.6) is 0 Å². The lowest BCUT2D eigenvalue weighted by Crippen LogP contribution is -2.34. The fourth-order valence-electron chi connectivity index (χ4n) is 1.93. The van der Waals surface area contributed by atoms with E-state index in [-0.39, 0.29) is 23.5 Å². The Morgan fingerprint density at radius 3 is 2.30 bits per heavy atom. The molecule has 0 atom stereocenters. The van der Waals surface area contributed by atoms with Crippen LogP contribution in [0.1, 0.15) is 15.9 Å². The molecule has 2 amide bonds. The molecule has 0 aliphatic rings. The van der Waals surface area contributed by atoms with Gasteiger partial charge in [0.15, 0.2) is 0 Å². The van der Waals surface area contributed by atoms with Gasteiger partial charge >= 0.3 is 0 Å². The molecule has 0 unspecified atom stereocenters. The number of hydrogen-bond acceptors (Lipinski definition) is 7. The molecule has 27 heavy (non-hydrogen) atoms. The normalized spacial score (nSPS) is 10.4. The van der Waals surface area contributed by atoms with Gasteiger partial charge in [-0.05, 0) is 12.1 Å². The number of hydrogen-bond donors (Lipinski definition) is 2. The maximum atomic E-state index is 11.9. The van der Waals surface area contributed by atoms with Crippen molar-refractivity contribution < 1.29 is 19.4 Å². The van der Waals surface area contributed by atoms with Gasteiger partial charge in [-0.15, -0.1) is 0 Å². The Kier molecular flexibility index (Phi) is 6.25. The van der Waals surface area contributed by atoms with Crippen molar-refractivity contribution in [2.75, 3.05) is 6.54 Å². The van der Waals surface area contributed by atoms with Crippen molar-refractivity contribution in [2.24, 2.45) is 5.10 Å². The van der Waals surface area contributed by atoms with E-state index in [2.05, 4.69) is 15.8 Å². The van der Waals surface area contributed by atoms with Crippen LogP contribution in [-0.4, -0.2) is 34.4 Å². The minimum Gasteiger partial charge on any atom is -0.343 e. The molecule has 2 aromatic carbocycles. The van der Waals surface area contributed by atoms with Gasteiger partial charge in [0.25, 0.3) is 23.2 Å². The molecule has 0 bridgehead atoms. The number of carbonyl (C=O) groups excluding carboxylic acids is 2. The van der Waals surface area contributed by atoms with Crippen LogP contribution in [0.25, 0.3) is 0 Å². The van der Waals surface area contributed by atoms with E-state index in [4.69, 9.17) is 0 Å². The number of rotatable bonds is 7. The number of nitro groups is 2. The van der Waals surface area contributed by atoms with Crippen LogP contribution in [0.4, 0.5) is 11.4 Å². The molecule has 0 aliphatic heterocycles. The van der Waals surface area contributed by atoms with Gasteiger partial charge in [-0.3, -0.25) is 29.8 Å². The van der Waals surface area contributed by atoms with Crippen LogP contribution < -0.4 is 10.7 Å². The van der Waals surface area contributed by atoms with Crippen molar-refractivity contribution in [3.05, 3.63) is 79.9 Å². The summed E-state index contributed by atoms with van der Waals surface area (Å²) in [6.45, 7) is -0.373. The quantitative estimate of drug-likeness (QED) is 0.425. The first-order chi connectivity index (χ1) is 12.9. The van der Waals surface area contributed by atoms with Crippen LogP contribution in [0, 0.1) is 20.2 Å². The van der Waals surface area contributed by atoms with Crippen LogP contribution >= 0.6 is 0 Å². The summed E-state index contributed by atoms with van der Waals surface area (Å²) in [4.78, 5) is 43.6. The van der Waals surface area contributed by atoms with Gasteiger partial charge in [-0.2, -0.15) is 5.10 Å². The molecule has 0 heterocycles. The second-order valence-corrected chi connectivity index (χ2v) is 5.13. The molecule has 11 nitrogen and oxygen atoms in total. The number of hydrazone groups is 1. The third kappa shape index (κ3) is 5.70. The van der Waals surface area contributed by atoms with E-state index in [1.165, 1.54) is 48.7 Å². The number of benzene rings is 2. The molecule has 138 valence electrons. The number of amides is 2. The lowest BCUT2D eigenvalue weighted by Gasteiger charge is -2.04. The van der Waals surface area contributed by atoms with Crippen molar-refractivity contribution in [1.82, 2.24) is 10.7 Å². The van der Waals surface area contributed by atoms with E-state index in [0.717, 1.165) is 0 Å². The van der Waals surface area contributed by atoms with Gasteiger partial charge in [0.05, 0.1) is 22.6 Å². The van der Waals surface area contributed by atoms with Gasteiger partial charge in [0.2, 0.25) is 0 Å². The van der Waals surface area contributed by atoms with Crippen molar-refractivity contribution in [2.45, 2.75) is 0 Å². The minimum atomic E-state index is -0.619. The summed E-state index contributed by atoms with van der Waals surface area (Å²) >= 11 is 0. The Labute approximate surface area is 152 Å². The summed E-state index contributed by atoms with van der Waals surface area (Å²) in [6, 6.07) is 10.6. The molecule has 2 aromatic rings. The Bertz CT molecular complexity index is 910. The molecule has 0 radical (unpaired) electrons. The van der Waals surface area contributed by atoms with E-state index in [9.17, 15) is 29.8 Å². The minimum absolute atomic E-state index is 0.111. The van der Waals surface area contributed by atoms with E-state index >= 15 is 0 Å². The first-order valence-electron chi connectivity index (χ1n) is 7.46. The zero-order valence-corrected chi connectivity index (χ0v) is 13.7. The summed E-state index contributed by atoms with van der Waals surface area (Å²) < 4.78 is 0. The molecule has 0 saturated carbocycles. The summed E-state index contributed by atoms with van der Waals surface area (Å²) in [7, 11) is 0. The number of nitro benzene ring substituents is 2. The average Bonchev–Trinajstić information content (AvgIpc) is 2.66. The molecular weight excluding hydrogens is 358 g/mol. The summed E-state index contributed by atoms with van der Waals surface area (Å²) in [6.07, 6.45) is 1.23. The molecule has 0 fully saturated rings. The first kappa shape index (κ1) is 19.2. The molecule has 0 aromatic heterocycles. The molecule has 0 aliphatic carbocycles. The lowest BCUT2D eigenvalue weighted by atomic mass is 10.2. The topological polar surface area (TPSA) is 157 Å². The maximum absolute atomic E-state index is 11.9. The summed E-state index contributed by atoms with van der Waals surface area (Å²) in [5.41, 5.74) is 2.48. The highest BCUT2D eigenvalue weighted by molar-refractivity contribution is 5.96. The Morgan fingerprint density at radius 2 is 1.67 bits per heavy atom. The maximum Gasteiger partial charge on any atom is 0.270 e. The summed E-state index contributed by atoms with van der Waals surface area (Å²) in [5.74, 6) is -1.20. The Morgan fingerprint density at radius 1 is 1.00 bits per heavy atom. The molecule has 11 heteroatoms.